The summed E-state index contributed by atoms with van der Waals surface area (Å²) < 4.78 is 29.3. The Morgan fingerprint density at radius 3 is 0.926 bits per heavy atom. The minimum absolute atomic E-state index is 0.609. The fraction of sp³-hybridized carbons (Fsp3) is 0. The maximum absolute atomic E-state index is 6.47. The van der Waals surface area contributed by atoms with Crippen LogP contribution in [0.1, 0.15) is 0 Å². The van der Waals surface area contributed by atoms with E-state index in [4.69, 9.17) is 8.83 Å². The van der Waals surface area contributed by atoms with E-state index in [1.807, 2.05) is 35.6 Å². The molecule has 0 aliphatic rings. The van der Waals surface area contributed by atoms with Crippen LogP contribution in [-0.4, -0.2) is 42.4 Å². The molecule has 0 bridgehead atoms. The third-order valence-electron chi connectivity index (χ3n) is 27.6. The molecule has 0 atom stereocenters. The Morgan fingerprint density at radius 2 is 0.481 bits per heavy atom. The first kappa shape index (κ1) is 76.0. The van der Waals surface area contributed by atoms with Gasteiger partial charge in [-0.1, -0.05) is 249 Å². The fourth-order valence-electron chi connectivity index (χ4n) is 21.6. The Bertz CT molecular complexity index is 9720. The van der Waals surface area contributed by atoms with Gasteiger partial charge in [0.25, 0.3) is 0 Å². The molecule has 30 rings (SSSR count). The van der Waals surface area contributed by atoms with Crippen molar-refractivity contribution in [3.63, 3.8) is 0 Å². The highest BCUT2D eigenvalue weighted by Gasteiger charge is 2.25. The van der Waals surface area contributed by atoms with Gasteiger partial charge in [-0.05, 0) is 228 Å². The topological polar surface area (TPSA) is 94.5 Å². The van der Waals surface area contributed by atoms with E-state index in [1.165, 1.54) is 170 Å². The van der Waals surface area contributed by atoms with Gasteiger partial charge < -0.3 is 31.7 Å². The Morgan fingerprint density at radius 1 is 0.178 bits per heavy atom. The van der Waals surface area contributed by atoms with Crippen LogP contribution in [0.25, 0.3) is 263 Å². The van der Waals surface area contributed by atoms with Crippen LogP contribution in [0.4, 0.5) is 0 Å². The first-order valence-corrected chi connectivity index (χ1v) is 46.5. The molecule has 10 aromatic heterocycles. The van der Waals surface area contributed by atoms with Crippen LogP contribution in [0.3, 0.4) is 0 Å². The molecular formula is C123H75N9O2S. The lowest BCUT2D eigenvalue weighted by Crippen LogP contribution is -2.00. The van der Waals surface area contributed by atoms with Crippen LogP contribution in [0.5, 0.6) is 0 Å². The minimum atomic E-state index is 0.609. The monoisotopic (exact) mass is 1740 g/mol. The number of nitrogens with zero attached hydrogens (tertiary/aromatic N) is 9. The van der Waals surface area contributed by atoms with Crippen molar-refractivity contribution in [3.8, 4) is 67.8 Å². The number of hydrogen-bond donors (Lipinski definition) is 0. The summed E-state index contributed by atoms with van der Waals surface area (Å²) >= 11 is 1.87. The van der Waals surface area contributed by atoms with E-state index in [-0.39, 0.29) is 0 Å². The van der Waals surface area contributed by atoms with Crippen LogP contribution < -0.4 is 0 Å². The first-order chi connectivity index (χ1) is 67.0. The summed E-state index contributed by atoms with van der Waals surface area (Å²) in [6, 6.07) is 159. The highest BCUT2D eigenvalue weighted by atomic mass is 32.1. The largest absolute Gasteiger partial charge is 0.456 e. The zero-order chi connectivity index (χ0) is 88.5. The predicted molar refractivity (Wildman–Crippen MR) is 562 cm³/mol. The summed E-state index contributed by atoms with van der Waals surface area (Å²) in [4.78, 5) is 12.9. The summed E-state index contributed by atoms with van der Waals surface area (Å²) in [6.45, 7) is 0. The van der Waals surface area contributed by atoms with E-state index in [1.54, 1.807) is 0 Å². The molecule has 0 aliphatic carbocycles. The van der Waals surface area contributed by atoms with Gasteiger partial charge in [0.05, 0.1) is 71.9 Å². The van der Waals surface area contributed by atoms with Gasteiger partial charge in [-0.25, -0.2) is 15.0 Å². The van der Waals surface area contributed by atoms with Crippen molar-refractivity contribution in [3.05, 3.63) is 455 Å². The zero-order valence-corrected chi connectivity index (χ0v) is 73.4. The van der Waals surface area contributed by atoms with Gasteiger partial charge in [0.1, 0.15) is 29.4 Å². The molecule has 630 valence electrons. The lowest BCUT2D eigenvalue weighted by atomic mass is 10.0. The van der Waals surface area contributed by atoms with Crippen LogP contribution >= 0.6 is 11.3 Å². The second-order valence-electron chi connectivity index (χ2n) is 34.9. The number of fused-ring (bicyclic) bond motifs is 27. The molecule has 0 aliphatic heterocycles. The van der Waals surface area contributed by atoms with E-state index in [0.29, 0.717) is 5.95 Å². The molecule has 0 amide bonds. The predicted octanol–water partition coefficient (Wildman–Crippen LogP) is 33.0. The number of benzene rings is 20. The van der Waals surface area contributed by atoms with Gasteiger partial charge in [0.2, 0.25) is 5.95 Å². The SMILES string of the molecule is c1ccc(-n2c3ccccc3c3cc(-c4ccc5c(c4)c4ccccc4n5-c4ccc5oc6ccccc6c5c4)ccc32)cc1.c1ccc(-n2c3ccccc3c3cc(-c4ccc5c(c4)c4ccccc4n5-c4ccc5sc6ccccc6c5c4)ccc32)cc1.c1ccc2c(c1)oc1c(-n3c4ccccc4c4cc(-c5ccc6c(c5)c5ccccc5n6-c5ncncn5)ccc43)cccc12. The van der Waals surface area contributed by atoms with Crippen LogP contribution in [0.2, 0.25) is 0 Å². The molecule has 0 fully saturated rings. The number of rotatable bonds is 9. The van der Waals surface area contributed by atoms with Crippen LogP contribution in [0.15, 0.2) is 464 Å². The summed E-state index contributed by atoms with van der Waals surface area (Å²) in [5.41, 5.74) is 30.6. The van der Waals surface area contributed by atoms with Gasteiger partial charge >= 0.3 is 0 Å². The molecule has 0 N–H and O–H groups in total. The van der Waals surface area contributed by atoms with E-state index in [2.05, 4.69) is 461 Å². The van der Waals surface area contributed by atoms with Gasteiger partial charge in [0, 0.05) is 129 Å². The Balaban J connectivity index is 0.000000101. The molecule has 10 heterocycles. The average Bonchev–Trinajstić information content (AvgIpc) is 1.58. The Kier molecular flexibility index (Phi) is 17.1. The molecule has 0 saturated heterocycles. The summed E-state index contributed by atoms with van der Waals surface area (Å²) in [6.07, 6.45) is 3.08. The third kappa shape index (κ3) is 12.0. The van der Waals surface area contributed by atoms with Crippen molar-refractivity contribution in [2.24, 2.45) is 0 Å². The van der Waals surface area contributed by atoms with Crippen molar-refractivity contribution < 1.29 is 8.83 Å². The number of furan rings is 2. The van der Waals surface area contributed by atoms with E-state index >= 15 is 0 Å². The summed E-state index contributed by atoms with van der Waals surface area (Å²) in [5, 5.41) is 22.0. The maximum atomic E-state index is 6.47. The molecule has 11 nitrogen and oxygen atoms in total. The van der Waals surface area contributed by atoms with Crippen molar-refractivity contribution in [2.45, 2.75) is 0 Å². The second-order valence-corrected chi connectivity index (χ2v) is 36.0. The maximum Gasteiger partial charge on any atom is 0.237 e. The second kappa shape index (κ2) is 30.3. The molecule has 135 heavy (non-hydrogen) atoms. The molecule has 30 aromatic rings. The van der Waals surface area contributed by atoms with Gasteiger partial charge in [-0.2, -0.15) is 0 Å². The number of aromatic nitrogens is 9. The standard InChI is InChI=1S/C42H26N2O.C42H26N2S.C39H23N5O/c2*1-2-10-29(11-3-1)43-37-15-7-4-12-31(37)34-24-27(18-21-39(34)43)28-19-22-40-35(25-28)32-13-5-8-16-38(32)44(40)30-20-23-42-36(26-30)33-14-6-9-17-41(33)45-42;1-4-12-32-26(8-1)30-20-24(16-18-34(30)43(32)36-14-7-11-29-28-10-3-6-15-37(28)45-38(29)36)25-17-19-35-31(21-25)27-9-2-5-13-33(27)44(35)39-41-22-40-23-42-39/h2*1-26H;1-23H. The zero-order valence-electron chi connectivity index (χ0n) is 72.6. The smallest absolute Gasteiger partial charge is 0.237 e. The Labute approximate surface area is 775 Å². The normalized spacial score (nSPS) is 12.0. The van der Waals surface area contributed by atoms with Crippen molar-refractivity contribution >= 4 is 206 Å². The van der Waals surface area contributed by atoms with Crippen LogP contribution in [0, 0.1) is 0 Å². The van der Waals surface area contributed by atoms with Gasteiger partial charge in [-0.15, -0.1) is 11.3 Å². The number of hydrogen-bond acceptors (Lipinski definition) is 6. The van der Waals surface area contributed by atoms with Gasteiger partial charge in [-0.3, -0.25) is 4.57 Å². The van der Waals surface area contributed by atoms with Crippen molar-refractivity contribution in [1.82, 2.24) is 42.4 Å². The third-order valence-corrected chi connectivity index (χ3v) is 28.8. The van der Waals surface area contributed by atoms with Crippen molar-refractivity contribution in [1.29, 1.82) is 0 Å². The van der Waals surface area contributed by atoms with E-state index in [9.17, 15) is 0 Å². The fourth-order valence-corrected chi connectivity index (χ4v) is 22.7. The van der Waals surface area contributed by atoms with Crippen molar-refractivity contribution in [2.75, 3.05) is 0 Å². The van der Waals surface area contributed by atoms with Crippen LogP contribution in [-0.2, 0) is 0 Å². The molecule has 0 spiro atoms. The summed E-state index contributed by atoms with van der Waals surface area (Å²) in [5.74, 6) is 0.609. The molecular weight excluding hydrogens is 1670 g/mol. The number of para-hydroxylation sites is 11. The molecule has 20 aromatic carbocycles. The molecule has 0 radical (unpaired) electrons. The van der Waals surface area contributed by atoms with E-state index in [0.717, 1.165) is 99.2 Å². The lowest BCUT2D eigenvalue weighted by molar-refractivity contribution is 0.666. The molecule has 0 unspecified atom stereocenters. The quantitative estimate of drug-likeness (QED) is 0.143. The summed E-state index contributed by atoms with van der Waals surface area (Å²) in [7, 11) is 0. The molecule has 0 saturated carbocycles. The highest BCUT2D eigenvalue weighted by Crippen LogP contribution is 2.47. The molecule has 12 heteroatoms. The first-order valence-electron chi connectivity index (χ1n) is 45.6. The average molecular weight is 1740 g/mol. The Hall–Kier alpha value is -18.0. The van der Waals surface area contributed by atoms with Gasteiger partial charge in [0.15, 0.2) is 5.58 Å². The lowest BCUT2D eigenvalue weighted by Gasteiger charge is -2.10. The highest BCUT2D eigenvalue weighted by molar-refractivity contribution is 7.25. The minimum Gasteiger partial charge on any atom is -0.456 e. The van der Waals surface area contributed by atoms with E-state index < -0.39 is 0 Å². The number of thiophene rings is 1.